The van der Waals surface area contributed by atoms with Crippen molar-refractivity contribution in [3.8, 4) is 0 Å². The fraction of sp³-hybridized carbons (Fsp3) is 0.391. The van der Waals surface area contributed by atoms with Crippen LogP contribution in [0.1, 0.15) is 17.5 Å². The molecule has 0 spiro atoms. The molecule has 0 radical (unpaired) electrons. The van der Waals surface area contributed by atoms with Crippen molar-refractivity contribution in [1.82, 2.24) is 20.1 Å². The second-order valence-electron chi connectivity index (χ2n) is 7.73. The van der Waals surface area contributed by atoms with Crippen molar-refractivity contribution in [2.24, 2.45) is 0 Å². The Labute approximate surface area is 180 Å². The fourth-order valence-corrected chi connectivity index (χ4v) is 4.79. The van der Waals surface area contributed by atoms with Gasteiger partial charge in [0, 0.05) is 32.7 Å². The molecule has 0 unspecified atom stereocenters. The summed E-state index contributed by atoms with van der Waals surface area (Å²) in [6.45, 7) is 7.01. The minimum atomic E-state index is -0.237. The van der Waals surface area contributed by atoms with Gasteiger partial charge < -0.3 is 5.32 Å². The number of hydrogen-bond donors (Lipinski definition) is 1. The quantitative estimate of drug-likeness (QED) is 0.630. The topological polar surface area (TPSA) is 48.5 Å². The number of rotatable bonds is 7. The summed E-state index contributed by atoms with van der Waals surface area (Å²) < 4.78 is 14.2. The van der Waals surface area contributed by atoms with Gasteiger partial charge in [-0.05, 0) is 43.2 Å². The number of nitrogens with zero attached hydrogens (tertiary/aromatic N) is 3. The number of hydrogen-bond acceptors (Lipinski definition) is 5. The highest BCUT2D eigenvalue weighted by atomic mass is 32.1. The molecule has 1 saturated heterocycles. The maximum atomic E-state index is 13.0. The van der Waals surface area contributed by atoms with E-state index in [0.717, 1.165) is 48.8 Å². The third-order valence-electron chi connectivity index (χ3n) is 5.66. The van der Waals surface area contributed by atoms with Gasteiger partial charge in [-0.15, -0.1) is 11.3 Å². The van der Waals surface area contributed by atoms with Crippen LogP contribution in [0.15, 0.2) is 48.5 Å². The van der Waals surface area contributed by atoms with Gasteiger partial charge in [0.15, 0.2) is 0 Å². The van der Waals surface area contributed by atoms with Crippen LogP contribution in [0.5, 0.6) is 0 Å². The number of benzene rings is 2. The van der Waals surface area contributed by atoms with Crippen molar-refractivity contribution in [2.75, 3.05) is 32.7 Å². The summed E-state index contributed by atoms with van der Waals surface area (Å²) >= 11 is 1.76. The molecule has 1 atom stereocenters. The Kier molecular flexibility index (Phi) is 6.72. The zero-order valence-corrected chi connectivity index (χ0v) is 18.0. The van der Waals surface area contributed by atoms with E-state index in [0.29, 0.717) is 13.0 Å². The van der Waals surface area contributed by atoms with Crippen LogP contribution in [-0.2, 0) is 17.8 Å². The van der Waals surface area contributed by atoms with Crippen LogP contribution in [0.2, 0.25) is 0 Å². The summed E-state index contributed by atoms with van der Waals surface area (Å²) in [6, 6.07) is 14.5. The Morgan fingerprint density at radius 1 is 1.13 bits per heavy atom. The van der Waals surface area contributed by atoms with E-state index in [1.165, 1.54) is 16.8 Å². The number of carbonyl (C=O) groups excluding carboxylic acids is 1. The molecule has 1 amide bonds. The highest BCUT2D eigenvalue weighted by molar-refractivity contribution is 7.18. The van der Waals surface area contributed by atoms with Crippen LogP contribution in [0.25, 0.3) is 10.2 Å². The molecule has 1 N–H and O–H groups in total. The monoisotopic (exact) mass is 426 g/mol. The second-order valence-corrected chi connectivity index (χ2v) is 8.85. The van der Waals surface area contributed by atoms with Gasteiger partial charge in [0.25, 0.3) is 0 Å². The number of amides is 1. The first-order valence-electron chi connectivity index (χ1n) is 10.4. The van der Waals surface area contributed by atoms with E-state index >= 15 is 0 Å². The molecule has 1 aliphatic heterocycles. The van der Waals surface area contributed by atoms with Gasteiger partial charge in [-0.25, -0.2) is 9.37 Å². The third-order valence-corrected chi connectivity index (χ3v) is 6.68. The summed E-state index contributed by atoms with van der Waals surface area (Å²) in [5.41, 5.74) is 2.09. The number of piperazine rings is 1. The zero-order chi connectivity index (χ0) is 20.9. The van der Waals surface area contributed by atoms with Crippen molar-refractivity contribution in [3.05, 3.63) is 64.9 Å². The Morgan fingerprint density at radius 2 is 1.87 bits per heavy atom. The number of nitrogens with one attached hydrogen (secondary N) is 1. The first-order chi connectivity index (χ1) is 14.6. The number of fused-ring (bicyclic) bond motifs is 1. The summed E-state index contributed by atoms with van der Waals surface area (Å²) in [7, 11) is 0. The molecular formula is C23H27FN4OS. The van der Waals surface area contributed by atoms with Gasteiger partial charge in [0.2, 0.25) is 5.91 Å². The van der Waals surface area contributed by atoms with Crippen molar-refractivity contribution in [1.29, 1.82) is 0 Å². The molecule has 2 heterocycles. The van der Waals surface area contributed by atoms with Crippen LogP contribution >= 0.6 is 11.3 Å². The summed E-state index contributed by atoms with van der Waals surface area (Å²) in [4.78, 5) is 21.9. The van der Waals surface area contributed by atoms with Gasteiger partial charge in [0.05, 0.1) is 22.8 Å². The van der Waals surface area contributed by atoms with Crippen molar-refractivity contribution in [2.45, 2.75) is 25.9 Å². The van der Waals surface area contributed by atoms with Crippen molar-refractivity contribution >= 4 is 27.5 Å². The average Bonchev–Trinajstić information content (AvgIpc) is 3.17. The smallest absolute Gasteiger partial charge is 0.237 e. The predicted molar refractivity (Wildman–Crippen MR) is 119 cm³/mol. The first-order valence-corrected chi connectivity index (χ1v) is 11.2. The first kappa shape index (κ1) is 20.9. The van der Waals surface area contributed by atoms with E-state index in [1.807, 2.05) is 13.0 Å². The van der Waals surface area contributed by atoms with E-state index in [1.54, 1.807) is 23.5 Å². The van der Waals surface area contributed by atoms with E-state index in [-0.39, 0.29) is 17.8 Å². The summed E-state index contributed by atoms with van der Waals surface area (Å²) in [5, 5.41) is 4.16. The summed E-state index contributed by atoms with van der Waals surface area (Å²) in [6.07, 6.45) is 0.703. The molecule has 0 aliphatic carbocycles. The lowest BCUT2D eigenvalue weighted by molar-refractivity contribution is -0.126. The standard InChI is InChI=1S/C23H27FN4OS/c1-17(23(29)25-11-10-18-6-8-19(24)9-7-18)28-14-12-27(13-15-28)16-22-26-20-4-2-3-5-21(20)30-22/h2-9,17H,10-16H2,1H3,(H,25,29)/t17-/m1/s1. The maximum Gasteiger partial charge on any atom is 0.237 e. The minimum absolute atomic E-state index is 0.0525. The van der Waals surface area contributed by atoms with Crippen molar-refractivity contribution in [3.63, 3.8) is 0 Å². The second kappa shape index (κ2) is 9.64. The van der Waals surface area contributed by atoms with Gasteiger partial charge in [-0.2, -0.15) is 0 Å². The molecule has 30 heavy (non-hydrogen) atoms. The third kappa shape index (κ3) is 5.22. The van der Waals surface area contributed by atoms with Gasteiger partial charge >= 0.3 is 0 Å². The van der Waals surface area contributed by atoms with E-state index in [2.05, 4.69) is 33.3 Å². The molecule has 158 valence electrons. The molecule has 0 bridgehead atoms. The number of para-hydroxylation sites is 1. The number of halogens is 1. The Morgan fingerprint density at radius 3 is 2.60 bits per heavy atom. The van der Waals surface area contributed by atoms with Gasteiger partial charge in [0.1, 0.15) is 10.8 Å². The lowest BCUT2D eigenvalue weighted by atomic mass is 10.1. The van der Waals surface area contributed by atoms with Crippen LogP contribution < -0.4 is 5.32 Å². The fourth-order valence-electron chi connectivity index (χ4n) is 3.78. The van der Waals surface area contributed by atoms with Crippen LogP contribution in [0, 0.1) is 5.82 Å². The number of aromatic nitrogens is 1. The molecule has 1 aliphatic rings. The highest BCUT2D eigenvalue weighted by Crippen LogP contribution is 2.23. The molecule has 3 aromatic rings. The molecule has 1 aromatic heterocycles. The van der Waals surface area contributed by atoms with Crippen LogP contribution in [-0.4, -0.2) is 59.5 Å². The van der Waals surface area contributed by atoms with Gasteiger partial charge in [-0.1, -0.05) is 24.3 Å². The molecule has 2 aromatic carbocycles. The number of thiazole rings is 1. The molecule has 4 rings (SSSR count). The lowest BCUT2D eigenvalue weighted by Crippen LogP contribution is -2.53. The number of carbonyl (C=O) groups is 1. The zero-order valence-electron chi connectivity index (χ0n) is 17.2. The van der Waals surface area contributed by atoms with E-state index < -0.39 is 0 Å². The molecule has 1 fully saturated rings. The Balaban J connectivity index is 1.20. The Bertz CT molecular complexity index is 949. The molecule has 0 saturated carbocycles. The van der Waals surface area contributed by atoms with E-state index in [9.17, 15) is 9.18 Å². The van der Waals surface area contributed by atoms with E-state index in [4.69, 9.17) is 4.98 Å². The van der Waals surface area contributed by atoms with Crippen LogP contribution in [0.4, 0.5) is 4.39 Å². The maximum absolute atomic E-state index is 13.0. The molecule has 5 nitrogen and oxygen atoms in total. The van der Waals surface area contributed by atoms with Crippen LogP contribution in [0.3, 0.4) is 0 Å². The van der Waals surface area contributed by atoms with Gasteiger partial charge in [-0.3, -0.25) is 14.6 Å². The predicted octanol–water partition coefficient (Wildman–Crippen LogP) is 3.30. The molecular weight excluding hydrogens is 399 g/mol. The SMILES string of the molecule is C[C@H](C(=O)NCCc1ccc(F)cc1)N1CCN(Cc2nc3ccccc3s2)CC1. The molecule has 7 heteroatoms. The Hall–Kier alpha value is -2.35. The summed E-state index contributed by atoms with van der Waals surface area (Å²) in [5.74, 6) is -0.185. The minimum Gasteiger partial charge on any atom is -0.354 e. The average molecular weight is 427 g/mol. The lowest BCUT2D eigenvalue weighted by Gasteiger charge is -2.37. The highest BCUT2D eigenvalue weighted by Gasteiger charge is 2.25. The normalized spacial score (nSPS) is 16.6. The van der Waals surface area contributed by atoms with Crippen molar-refractivity contribution < 1.29 is 9.18 Å². The largest absolute Gasteiger partial charge is 0.354 e.